The van der Waals surface area contributed by atoms with Gasteiger partial charge in [-0.25, -0.2) is 8.42 Å². The lowest BCUT2D eigenvalue weighted by molar-refractivity contribution is 0.602. The molecule has 0 aromatic heterocycles. The fraction of sp³-hybridized carbons (Fsp3) is 0.538. The Labute approximate surface area is 110 Å². The van der Waals surface area contributed by atoms with Crippen LogP contribution in [0.4, 0.5) is 11.4 Å². The van der Waals surface area contributed by atoms with E-state index in [2.05, 4.69) is 19.2 Å². The van der Waals surface area contributed by atoms with E-state index in [0.29, 0.717) is 11.4 Å². The number of rotatable bonds is 6. The lowest BCUT2D eigenvalue weighted by Crippen LogP contribution is -2.16. The Bertz CT molecular complexity index is 498. The van der Waals surface area contributed by atoms with Gasteiger partial charge in [0.05, 0.1) is 16.3 Å². The van der Waals surface area contributed by atoms with Gasteiger partial charge < -0.3 is 11.1 Å². The summed E-state index contributed by atoms with van der Waals surface area (Å²) in [6.45, 7) is 4.22. The number of nitrogens with one attached hydrogen (secondary N) is 1. The van der Waals surface area contributed by atoms with Crippen LogP contribution in [0.2, 0.25) is 0 Å². The molecule has 0 spiro atoms. The van der Waals surface area contributed by atoms with Crippen molar-refractivity contribution >= 4 is 21.2 Å². The average Bonchev–Trinajstić information content (AvgIpc) is 2.27. The van der Waals surface area contributed by atoms with Gasteiger partial charge in [-0.05, 0) is 25.5 Å². The van der Waals surface area contributed by atoms with E-state index >= 15 is 0 Å². The van der Waals surface area contributed by atoms with E-state index in [1.807, 2.05) is 6.07 Å². The molecule has 0 amide bonds. The van der Waals surface area contributed by atoms with Crippen molar-refractivity contribution in [2.24, 2.45) is 0 Å². The molecular weight excluding hydrogens is 248 g/mol. The minimum Gasteiger partial charge on any atom is -0.396 e. The van der Waals surface area contributed by atoms with E-state index in [4.69, 9.17) is 5.73 Å². The van der Waals surface area contributed by atoms with Crippen molar-refractivity contribution in [3.8, 4) is 0 Å². The van der Waals surface area contributed by atoms with Crippen LogP contribution in [0.25, 0.3) is 0 Å². The average molecular weight is 270 g/mol. The zero-order chi connectivity index (χ0) is 13.8. The van der Waals surface area contributed by atoms with Crippen LogP contribution >= 0.6 is 0 Å². The molecule has 1 unspecified atom stereocenters. The second-order valence-electron chi connectivity index (χ2n) is 4.68. The van der Waals surface area contributed by atoms with E-state index in [1.54, 1.807) is 6.07 Å². The van der Waals surface area contributed by atoms with Gasteiger partial charge >= 0.3 is 0 Å². The van der Waals surface area contributed by atoms with Crippen molar-refractivity contribution in [1.82, 2.24) is 0 Å². The van der Waals surface area contributed by atoms with Crippen molar-refractivity contribution in [1.29, 1.82) is 0 Å². The first-order valence-electron chi connectivity index (χ1n) is 6.21. The molecule has 0 bridgehead atoms. The molecule has 0 heterocycles. The van der Waals surface area contributed by atoms with Crippen LogP contribution in [-0.2, 0) is 9.84 Å². The predicted octanol–water partition coefficient (Wildman–Crippen LogP) is 2.66. The first-order chi connectivity index (χ1) is 8.36. The van der Waals surface area contributed by atoms with Crippen molar-refractivity contribution in [3.63, 3.8) is 0 Å². The highest BCUT2D eigenvalue weighted by Crippen LogP contribution is 2.27. The van der Waals surface area contributed by atoms with Crippen LogP contribution in [0.3, 0.4) is 0 Å². The minimum absolute atomic E-state index is 0.190. The van der Waals surface area contributed by atoms with Gasteiger partial charge in [0.2, 0.25) is 0 Å². The third kappa shape index (κ3) is 3.91. The summed E-state index contributed by atoms with van der Waals surface area (Å²) in [4.78, 5) is 0.190. The van der Waals surface area contributed by atoms with Crippen molar-refractivity contribution < 1.29 is 8.42 Å². The predicted molar refractivity (Wildman–Crippen MR) is 76.6 cm³/mol. The van der Waals surface area contributed by atoms with E-state index in [1.165, 1.54) is 12.3 Å². The molecule has 0 radical (unpaired) electrons. The number of hydrogen-bond acceptors (Lipinski definition) is 4. The smallest absolute Gasteiger partial charge is 0.177 e. The highest BCUT2D eigenvalue weighted by atomic mass is 32.2. The maximum atomic E-state index is 11.6. The normalized spacial score (nSPS) is 13.3. The Morgan fingerprint density at radius 3 is 2.61 bits per heavy atom. The van der Waals surface area contributed by atoms with Crippen molar-refractivity contribution in [2.45, 2.75) is 44.0 Å². The minimum atomic E-state index is -3.27. The highest BCUT2D eigenvalue weighted by molar-refractivity contribution is 7.90. The lowest BCUT2D eigenvalue weighted by Gasteiger charge is -2.17. The summed E-state index contributed by atoms with van der Waals surface area (Å²) in [6.07, 6.45) is 4.49. The van der Waals surface area contributed by atoms with E-state index in [9.17, 15) is 8.42 Å². The molecule has 0 saturated carbocycles. The quantitative estimate of drug-likeness (QED) is 0.779. The number of unbranched alkanes of at least 4 members (excludes halogenated alkanes) is 1. The molecular formula is C13H22N2O2S. The van der Waals surface area contributed by atoms with Crippen LogP contribution in [0.1, 0.15) is 33.1 Å². The second-order valence-corrected chi connectivity index (χ2v) is 6.66. The maximum Gasteiger partial charge on any atom is 0.177 e. The summed E-state index contributed by atoms with van der Waals surface area (Å²) < 4.78 is 23.1. The molecule has 0 aliphatic heterocycles. The summed E-state index contributed by atoms with van der Waals surface area (Å²) in [7, 11) is -3.27. The highest BCUT2D eigenvalue weighted by Gasteiger charge is 2.14. The molecule has 0 saturated heterocycles. The molecule has 1 aromatic carbocycles. The zero-order valence-electron chi connectivity index (χ0n) is 11.2. The number of para-hydroxylation sites is 1. The number of nitrogen functional groups attached to an aromatic ring is 1. The Morgan fingerprint density at radius 1 is 1.39 bits per heavy atom. The lowest BCUT2D eigenvalue weighted by atomic mass is 10.1. The molecule has 0 aliphatic rings. The summed E-state index contributed by atoms with van der Waals surface area (Å²) >= 11 is 0. The molecule has 0 fully saturated rings. The van der Waals surface area contributed by atoms with Crippen LogP contribution in [0.15, 0.2) is 23.1 Å². The van der Waals surface area contributed by atoms with E-state index in [-0.39, 0.29) is 10.9 Å². The molecule has 3 N–H and O–H groups in total. The van der Waals surface area contributed by atoms with E-state index < -0.39 is 9.84 Å². The van der Waals surface area contributed by atoms with Gasteiger partial charge in [0.1, 0.15) is 0 Å². The fourth-order valence-electron chi connectivity index (χ4n) is 1.84. The Balaban J connectivity index is 2.91. The third-order valence-corrected chi connectivity index (χ3v) is 4.01. The molecule has 1 atom stereocenters. The molecule has 1 aromatic rings. The topological polar surface area (TPSA) is 72.2 Å². The number of anilines is 2. The largest absolute Gasteiger partial charge is 0.396 e. The van der Waals surface area contributed by atoms with Crippen LogP contribution in [0.5, 0.6) is 0 Å². The SMILES string of the molecule is CCCCC(C)Nc1cccc(S(C)(=O)=O)c1N. The molecule has 5 heteroatoms. The molecule has 0 aliphatic carbocycles. The molecule has 18 heavy (non-hydrogen) atoms. The number of sulfone groups is 1. The van der Waals surface area contributed by atoms with Gasteiger partial charge in [-0.15, -0.1) is 0 Å². The Hall–Kier alpha value is -1.23. The zero-order valence-corrected chi connectivity index (χ0v) is 12.0. The summed E-state index contributed by atoms with van der Waals surface area (Å²) in [5, 5.41) is 3.27. The second kappa shape index (κ2) is 6.09. The van der Waals surface area contributed by atoms with Gasteiger partial charge in [0.25, 0.3) is 0 Å². The number of nitrogens with two attached hydrogens (primary N) is 1. The summed E-state index contributed by atoms with van der Waals surface area (Å²) in [5.41, 5.74) is 6.91. The fourth-order valence-corrected chi connectivity index (χ4v) is 2.68. The van der Waals surface area contributed by atoms with Gasteiger partial charge in [-0.2, -0.15) is 0 Å². The van der Waals surface area contributed by atoms with Crippen molar-refractivity contribution in [2.75, 3.05) is 17.3 Å². The third-order valence-electron chi connectivity index (χ3n) is 2.86. The first-order valence-corrected chi connectivity index (χ1v) is 8.10. The van der Waals surface area contributed by atoms with Crippen molar-refractivity contribution in [3.05, 3.63) is 18.2 Å². The standard InChI is InChI=1S/C13H22N2O2S/c1-4-5-7-10(2)15-11-8-6-9-12(13(11)14)18(3,16)17/h6,8-10,15H,4-5,7,14H2,1-3H3. The number of benzene rings is 1. The number of hydrogen-bond donors (Lipinski definition) is 2. The summed E-state index contributed by atoms with van der Waals surface area (Å²) in [6, 6.07) is 5.34. The van der Waals surface area contributed by atoms with Gasteiger partial charge in [0, 0.05) is 12.3 Å². The van der Waals surface area contributed by atoms with Gasteiger partial charge in [0.15, 0.2) is 9.84 Å². The molecule has 4 nitrogen and oxygen atoms in total. The monoisotopic (exact) mass is 270 g/mol. The molecule has 102 valence electrons. The van der Waals surface area contributed by atoms with E-state index in [0.717, 1.165) is 19.3 Å². The Kier molecular flexibility index (Phi) is 5.02. The van der Waals surface area contributed by atoms with Crippen LogP contribution in [-0.4, -0.2) is 20.7 Å². The van der Waals surface area contributed by atoms with Gasteiger partial charge in [-0.3, -0.25) is 0 Å². The maximum absolute atomic E-state index is 11.6. The van der Waals surface area contributed by atoms with Gasteiger partial charge in [-0.1, -0.05) is 25.8 Å². The first kappa shape index (κ1) is 14.8. The van der Waals surface area contributed by atoms with Crippen LogP contribution < -0.4 is 11.1 Å². The molecule has 1 rings (SSSR count). The summed E-state index contributed by atoms with van der Waals surface area (Å²) in [5.74, 6) is 0. The Morgan fingerprint density at radius 2 is 2.06 bits per heavy atom. The van der Waals surface area contributed by atoms with Crippen LogP contribution in [0, 0.1) is 0 Å².